The Labute approximate surface area is 277 Å². The molecule has 0 amide bonds. The van der Waals surface area contributed by atoms with Crippen molar-refractivity contribution >= 4 is 43.6 Å². The Balaban J connectivity index is 1.22. The molecule has 0 saturated heterocycles. The molecule has 0 aliphatic carbocycles. The molecular formula is C44H26N4. The number of nitrogens with zero attached hydrogens (tertiary/aromatic N) is 4. The molecule has 0 aliphatic rings. The quantitative estimate of drug-likeness (QED) is 0.199. The van der Waals surface area contributed by atoms with Gasteiger partial charge in [0.05, 0.1) is 45.0 Å². The average molecular weight is 611 g/mol. The molecule has 48 heavy (non-hydrogen) atoms. The Morgan fingerprint density at radius 1 is 0.396 bits per heavy atom. The van der Waals surface area contributed by atoms with E-state index in [1.807, 2.05) is 36.4 Å². The first-order valence-corrected chi connectivity index (χ1v) is 15.9. The van der Waals surface area contributed by atoms with Gasteiger partial charge in [0, 0.05) is 32.8 Å². The molecule has 0 radical (unpaired) electrons. The third-order valence-electron chi connectivity index (χ3n) is 9.37. The predicted octanol–water partition coefficient (Wildman–Crippen LogP) is 11.0. The van der Waals surface area contributed by atoms with Crippen molar-refractivity contribution in [1.82, 2.24) is 9.13 Å². The van der Waals surface area contributed by atoms with Crippen LogP contribution in [0, 0.1) is 22.7 Å². The molecule has 9 rings (SSSR count). The summed E-state index contributed by atoms with van der Waals surface area (Å²) in [4.78, 5) is 0. The maximum Gasteiger partial charge on any atom is 0.101 e. The van der Waals surface area contributed by atoms with Gasteiger partial charge in [-0.15, -0.1) is 0 Å². The maximum atomic E-state index is 10.4. The normalized spacial score (nSPS) is 11.3. The summed E-state index contributed by atoms with van der Waals surface area (Å²) in [6.07, 6.45) is 0. The molecule has 2 aromatic heterocycles. The largest absolute Gasteiger partial charge is 0.309 e. The van der Waals surface area contributed by atoms with Crippen molar-refractivity contribution in [2.75, 3.05) is 0 Å². The van der Waals surface area contributed by atoms with Crippen LogP contribution in [-0.4, -0.2) is 9.13 Å². The zero-order chi connectivity index (χ0) is 32.2. The molecule has 4 nitrogen and oxygen atoms in total. The smallest absolute Gasteiger partial charge is 0.101 e. The van der Waals surface area contributed by atoms with Gasteiger partial charge in [-0.1, -0.05) is 97.1 Å². The minimum atomic E-state index is 0.623. The van der Waals surface area contributed by atoms with E-state index in [1.54, 1.807) is 0 Å². The summed E-state index contributed by atoms with van der Waals surface area (Å²) < 4.78 is 4.52. The highest BCUT2D eigenvalue weighted by atomic mass is 15.0. The molecule has 0 bridgehead atoms. The van der Waals surface area contributed by atoms with E-state index in [9.17, 15) is 10.5 Å². The second-order valence-electron chi connectivity index (χ2n) is 12.0. The SMILES string of the molecule is N#Cc1ccc2c(c1)c1ccccc1n2-c1cccc(-c2cccc(-c3cccc(C#N)c3-n3c4ccccc4c4ccccc43)c2)c1. The highest BCUT2D eigenvalue weighted by molar-refractivity contribution is 6.11. The fraction of sp³-hybridized carbons (Fsp3) is 0. The maximum absolute atomic E-state index is 10.4. The molecule has 0 spiro atoms. The highest BCUT2D eigenvalue weighted by Crippen LogP contribution is 2.39. The Kier molecular flexibility index (Phi) is 6.22. The number of fused-ring (bicyclic) bond motifs is 6. The molecule has 0 fully saturated rings. The van der Waals surface area contributed by atoms with E-state index < -0.39 is 0 Å². The summed E-state index contributed by atoms with van der Waals surface area (Å²) in [6, 6.07) is 59.0. The van der Waals surface area contributed by atoms with Crippen molar-refractivity contribution < 1.29 is 0 Å². The molecule has 0 unspecified atom stereocenters. The molecular weight excluding hydrogens is 585 g/mol. The average Bonchev–Trinajstić information content (AvgIpc) is 3.67. The molecule has 222 valence electrons. The number of nitriles is 2. The molecule has 7 aromatic carbocycles. The zero-order valence-electron chi connectivity index (χ0n) is 25.8. The lowest BCUT2D eigenvalue weighted by Crippen LogP contribution is -2.01. The summed E-state index contributed by atoms with van der Waals surface area (Å²) in [5.41, 5.74) is 11.7. The molecule has 0 N–H and O–H groups in total. The van der Waals surface area contributed by atoms with Crippen LogP contribution in [0.15, 0.2) is 158 Å². The van der Waals surface area contributed by atoms with Crippen LogP contribution in [0.1, 0.15) is 11.1 Å². The number of hydrogen-bond donors (Lipinski definition) is 0. The van der Waals surface area contributed by atoms with Gasteiger partial charge in [-0.05, 0) is 77.4 Å². The van der Waals surface area contributed by atoms with Crippen molar-refractivity contribution in [1.29, 1.82) is 10.5 Å². The Morgan fingerprint density at radius 3 is 1.65 bits per heavy atom. The lowest BCUT2D eigenvalue weighted by atomic mass is 9.96. The van der Waals surface area contributed by atoms with Gasteiger partial charge >= 0.3 is 0 Å². The molecule has 0 saturated carbocycles. The number of hydrogen-bond acceptors (Lipinski definition) is 2. The summed E-state index contributed by atoms with van der Waals surface area (Å²) >= 11 is 0. The summed E-state index contributed by atoms with van der Waals surface area (Å²) in [5.74, 6) is 0. The first-order valence-electron chi connectivity index (χ1n) is 15.9. The van der Waals surface area contributed by atoms with Crippen molar-refractivity contribution in [3.05, 3.63) is 169 Å². The number of aromatic nitrogens is 2. The molecule has 0 atom stereocenters. The third-order valence-corrected chi connectivity index (χ3v) is 9.37. The Bertz CT molecular complexity index is 2760. The monoisotopic (exact) mass is 610 g/mol. The minimum Gasteiger partial charge on any atom is -0.309 e. The first kappa shape index (κ1) is 27.4. The summed E-state index contributed by atoms with van der Waals surface area (Å²) in [7, 11) is 0. The lowest BCUT2D eigenvalue weighted by molar-refractivity contribution is 1.17. The summed E-state index contributed by atoms with van der Waals surface area (Å²) in [6.45, 7) is 0. The van der Waals surface area contributed by atoms with Crippen molar-refractivity contribution in [3.63, 3.8) is 0 Å². The highest BCUT2D eigenvalue weighted by Gasteiger charge is 2.19. The van der Waals surface area contributed by atoms with Gasteiger partial charge in [-0.2, -0.15) is 10.5 Å². The van der Waals surface area contributed by atoms with Gasteiger partial charge < -0.3 is 9.13 Å². The first-order chi connectivity index (χ1) is 23.7. The van der Waals surface area contributed by atoms with Crippen molar-refractivity contribution in [3.8, 4) is 45.8 Å². The second-order valence-corrected chi connectivity index (χ2v) is 12.0. The molecule has 9 aromatic rings. The third kappa shape index (κ3) is 4.14. The van der Waals surface area contributed by atoms with E-state index in [0.29, 0.717) is 11.1 Å². The number of rotatable bonds is 4. The van der Waals surface area contributed by atoms with Gasteiger partial charge in [-0.3, -0.25) is 0 Å². The fourth-order valence-electron chi connectivity index (χ4n) is 7.28. The Hall–Kier alpha value is -6.88. The van der Waals surface area contributed by atoms with Crippen LogP contribution in [0.3, 0.4) is 0 Å². The van der Waals surface area contributed by atoms with E-state index in [1.165, 1.54) is 0 Å². The van der Waals surface area contributed by atoms with Crippen LogP contribution >= 0.6 is 0 Å². The van der Waals surface area contributed by atoms with E-state index in [0.717, 1.165) is 77.2 Å². The van der Waals surface area contributed by atoms with Crippen LogP contribution in [0.4, 0.5) is 0 Å². The number of benzene rings is 7. The zero-order valence-corrected chi connectivity index (χ0v) is 25.8. The van der Waals surface area contributed by atoms with Crippen molar-refractivity contribution in [2.45, 2.75) is 0 Å². The predicted molar refractivity (Wildman–Crippen MR) is 195 cm³/mol. The second kappa shape index (κ2) is 10.9. The molecule has 0 aliphatic heterocycles. The lowest BCUT2D eigenvalue weighted by Gasteiger charge is -2.16. The van der Waals surface area contributed by atoms with Crippen molar-refractivity contribution in [2.24, 2.45) is 0 Å². The fourth-order valence-corrected chi connectivity index (χ4v) is 7.28. The summed E-state index contributed by atoms with van der Waals surface area (Å²) in [5, 5.41) is 24.5. The van der Waals surface area contributed by atoms with Gasteiger partial charge in [0.25, 0.3) is 0 Å². The topological polar surface area (TPSA) is 57.4 Å². The van der Waals surface area contributed by atoms with E-state index in [4.69, 9.17) is 0 Å². The van der Waals surface area contributed by atoms with Gasteiger partial charge in [0.1, 0.15) is 6.07 Å². The van der Waals surface area contributed by atoms with Gasteiger partial charge in [-0.25, -0.2) is 0 Å². The van der Waals surface area contributed by atoms with E-state index in [2.05, 4.69) is 143 Å². The van der Waals surface area contributed by atoms with E-state index >= 15 is 0 Å². The van der Waals surface area contributed by atoms with Crippen LogP contribution in [-0.2, 0) is 0 Å². The molecule has 4 heteroatoms. The minimum absolute atomic E-state index is 0.623. The van der Waals surface area contributed by atoms with Crippen LogP contribution in [0.5, 0.6) is 0 Å². The van der Waals surface area contributed by atoms with Gasteiger partial charge in [0.15, 0.2) is 0 Å². The van der Waals surface area contributed by atoms with Crippen LogP contribution in [0.2, 0.25) is 0 Å². The van der Waals surface area contributed by atoms with E-state index in [-0.39, 0.29) is 0 Å². The van der Waals surface area contributed by atoms with Gasteiger partial charge in [0.2, 0.25) is 0 Å². The number of para-hydroxylation sites is 4. The Morgan fingerprint density at radius 2 is 0.958 bits per heavy atom. The molecule has 2 heterocycles. The van der Waals surface area contributed by atoms with Crippen LogP contribution in [0.25, 0.3) is 77.2 Å². The standard InChI is InChI=1S/C44H26N4/c45-27-29-22-23-43-39(24-29)38-17-3-4-19-40(38)47(43)34-14-8-11-31(26-34)30-10-7-12-32(25-30)35-18-9-13-33(28-46)44(35)48-41-20-5-1-15-36(41)37-16-2-6-21-42(37)48/h1-26H. The van der Waals surface area contributed by atoms with Crippen LogP contribution < -0.4 is 0 Å².